The Bertz CT molecular complexity index is 1100. The van der Waals surface area contributed by atoms with Crippen molar-refractivity contribution < 1.29 is 12.9 Å². The van der Waals surface area contributed by atoms with E-state index < -0.39 is 10.0 Å². The third-order valence-corrected chi connectivity index (χ3v) is 7.37. The van der Waals surface area contributed by atoms with Gasteiger partial charge >= 0.3 is 0 Å². The lowest BCUT2D eigenvalue weighted by Crippen LogP contribution is -2.48. The lowest BCUT2D eigenvalue weighted by Gasteiger charge is -2.35. The van der Waals surface area contributed by atoms with Crippen LogP contribution in [0.25, 0.3) is 11.1 Å². The van der Waals surface area contributed by atoms with Gasteiger partial charge in [-0.1, -0.05) is 35.0 Å². The van der Waals surface area contributed by atoms with Gasteiger partial charge in [0, 0.05) is 42.5 Å². The second-order valence-electron chi connectivity index (χ2n) is 7.09. The summed E-state index contributed by atoms with van der Waals surface area (Å²) in [6.07, 6.45) is 0. The number of hydrogen-bond acceptors (Lipinski definition) is 5. The maximum atomic E-state index is 13.1. The maximum absolute atomic E-state index is 13.1. The van der Waals surface area contributed by atoms with Gasteiger partial charge in [0.25, 0.3) is 0 Å². The summed E-state index contributed by atoms with van der Waals surface area (Å²) < 4.78 is 32.9. The fraction of sp³-hybridized carbons (Fsp3) is 0.286. The second kappa shape index (κ2) is 7.82. The molecule has 6 nitrogen and oxygen atoms in total. The van der Waals surface area contributed by atoms with Crippen molar-refractivity contribution in [3.63, 3.8) is 0 Å². The molecule has 1 aliphatic heterocycles. The fourth-order valence-electron chi connectivity index (χ4n) is 3.70. The molecule has 0 spiro atoms. The summed E-state index contributed by atoms with van der Waals surface area (Å²) in [5, 5.41) is 4.64. The molecule has 0 radical (unpaired) electrons. The Morgan fingerprint density at radius 2 is 1.69 bits per heavy atom. The van der Waals surface area contributed by atoms with Crippen molar-refractivity contribution in [2.45, 2.75) is 18.7 Å². The van der Waals surface area contributed by atoms with Crippen LogP contribution in [0.4, 0.5) is 5.69 Å². The number of anilines is 1. The zero-order valence-electron chi connectivity index (χ0n) is 16.3. The standard InChI is InChI=1S/C21H22ClN3O3S/c1-15-21(16(2)28-23-15)17-6-8-20(9-7-17)29(26,27)25-12-10-24(11-13-25)19-5-3-4-18(22)14-19/h3-9,14H,10-13H2,1-2H3. The molecule has 3 aromatic rings. The summed E-state index contributed by atoms with van der Waals surface area (Å²) >= 11 is 6.07. The molecule has 1 fully saturated rings. The molecule has 1 aliphatic rings. The van der Waals surface area contributed by atoms with E-state index in [1.54, 1.807) is 16.4 Å². The number of rotatable bonds is 4. The van der Waals surface area contributed by atoms with E-state index in [0.717, 1.165) is 28.3 Å². The molecule has 29 heavy (non-hydrogen) atoms. The Kier molecular flexibility index (Phi) is 5.38. The van der Waals surface area contributed by atoms with Crippen LogP contribution >= 0.6 is 11.6 Å². The normalized spacial score (nSPS) is 15.6. The predicted octanol–water partition coefficient (Wildman–Crippen LogP) is 4.12. The van der Waals surface area contributed by atoms with Gasteiger partial charge in [-0.2, -0.15) is 4.31 Å². The molecule has 0 saturated carbocycles. The van der Waals surface area contributed by atoms with Crippen molar-refractivity contribution in [3.8, 4) is 11.1 Å². The van der Waals surface area contributed by atoms with Crippen LogP contribution in [-0.4, -0.2) is 44.1 Å². The maximum Gasteiger partial charge on any atom is 0.243 e. The number of halogens is 1. The third-order valence-electron chi connectivity index (χ3n) is 5.23. The van der Waals surface area contributed by atoms with Crippen molar-refractivity contribution in [1.82, 2.24) is 9.46 Å². The van der Waals surface area contributed by atoms with Gasteiger partial charge in [-0.25, -0.2) is 8.42 Å². The topological polar surface area (TPSA) is 66.7 Å². The Balaban J connectivity index is 1.49. The average molecular weight is 432 g/mol. The summed E-state index contributed by atoms with van der Waals surface area (Å²) in [5.41, 5.74) is 3.60. The number of aromatic nitrogens is 1. The summed E-state index contributed by atoms with van der Waals surface area (Å²) in [6.45, 7) is 5.82. The van der Waals surface area contributed by atoms with Crippen LogP contribution in [0.5, 0.6) is 0 Å². The van der Waals surface area contributed by atoms with Gasteiger partial charge in [-0.3, -0.25) is 0 Å². The summed E-state index contributed by atoms with van der Waals surface area (Å²) in [5.74, 6) is 0.718. The molecule has 8 heteroatoms. The Morgan fingerprint density at radius 1 is 1.00 bits per heavy atom. The van der Waals surface area contributed by atoms with Crippen molar-refractivity contribution >= 4 is 27.3 Å². The van der Waals surface area contributed by atoms with Crippen LogP contribution in [0.2, 0.25) is 5.02 Å². The highest BCUT2D eigenvalue weighted by Gasteiger charge is 2.28. The first-order valence-corrected chi connectivity index (χ1v) is 11.2. The predicted molar refractivity (Wildman–Crippen MR) is 114 cm³/mol. The SMILES string of the molecule is Cc1noc(C)c1-c1ccc(S(=O)(=O)N2CCN(c3cccc(Cl)c3)CC2)cc1. The lowest BCUT2D eigenvalue weighted by molar-refractivity contribution is 0.385. The summed E-state index contributed by atoms with van der Waals surface area (Å²) in [4.78, 5) is 2.45. The summed E-state index contributed by atoms with van der Waals surface area (Å²) in [6, 6.07) is 14.5. The number of nitrogens with zero attached hydrogens (tertiary/aromatic N) is 3. The van der Waals surface area contributed by atoms with Crippen molar-refractivity contribution in [3.05, 3.63) is 65.0 Å². The Labute approximate surface area is 175 Å². The van der Waals surface area contributed by atoms with Gasteiger partial charge in [0.05, 0.1) is 10.6 Å². The van der Waals surface area contributed by atoms with Crippen LogP contribution in [0.15, 0.2) is 57.9 Å². The number of sulfonamides is 1. The van der Waals surface area contributed by atoms with E-state index in [4.69, 9.17) is 16.1 Å². The first-order valence-electron chi connectivity index (χ1n) is 9.40. The van der Waals surface area contributed by atoms with Crippen LogP contribution in [0, 0.1) is 13.8 Å². The lowest BCUT2D eigenvalue weighted by atomic mass is 10.0. The molecule has 0 aliphatic carbocycles. The second-order valence-corrected chi connectivity index (χ2v) is 9.47. The van der Waals surface area contributed by atoms with Crippen molar-refractivity contribution in [2.24, 2.45) is 0 Å². The molecular weight excluding hydrogens is 410 g/mol. The van der Waals surface area contributed by atoms with E-state index in [2.05, 4.69) is 10.1 Å². The minimum atomic E-state index is -3.54. The molecule has 2 heterocycles. The molecule has 2 aromatic carbocycles. The number of aryl methyl sites for hydroxylation is 2. The quantitative estimate of drug-likeness (QED) is 0.621. The molecule has 152 valence electrons. The highest BCUT2D eigenvalue weighted by atomic mass is 35.5. The van der Waals surface area contributed by atoms with Gasteiger partial charge in [0.15, 0.2) is 0 Å². The van der Waals surface area contributed by atoms with Gasteiger partial charge in [-0.15, -0.1) is 0 Å². The fourth-order valence-corrected chi connectivity index (χ4v) is 5.30. The van der Waals surface area contributed by atoms with E-state index in [1.165, 1.54) is 0 Å². The van der Waals surface area contributed by atoms with E-state index in [1.807, 2.05) is 50.2 Å². The smallest absolute Gasteiger partial charge is 0.243 e. The minimum Gasteiger partial charge on any atom is -0.369 e. The molecule has 0 unspecified atom stereocenters. The van der Waals surface area contributed by atoms with Crippen LogP contribution in [0.3, 0.4) is 0 Å². The molecule has 0 atom stereocenters. The van der Waals surface area contributed by atoms with Crippen LogP contribution < -0.4 is 4.90 Å². The monoisotopic (exact) mass is 431 g/mol. The van der Waals surface area contributed by atoms with Crippen LogP contribution in [0.1, 0.15) is 11.5 Å². The molecule has 1 saturated heterocycles. The number of hydrogen-bond donors (Lipinski definition) is 0. The van der Waals surface area contributed by atoms with E-state index in [9.17, 15) is 8.42 Å². The number of benzene rings is 2. The molecular formula is C21H22ClN3O3S. The van der Waals surface area contributed by atoms with E-state index >= 15 is 0 Å². The first-order chi connectivity index (χ1) is 13.9. The molecule has 0 amide bonds. The van der Waals surface area contributed by atoms with Gasteiger partial charge < -0.3 is 9.42 Å². The van der Waals surface area contributed by atoms with Gasteiger partial charge in [-0.05, 0) is 49.7 Å². The highest BCUT2D eigenvalue weighted by molar-refractivity contribution is 7.89. The third kappa shape index (κ3) is 3.90. The van der Waals surface area contributed by atoms with E-state index in [-0.39, 0.29) is 0 Å². The zero-order valence-corrected chi connectivity index (χ0v) is 17.9. The van der Waals surface area contributed by atoms with Crippen LogP contribution in [-0.2, 0) is 10.0 Å². The first kappa shape index (κ1) is 19.9. The van der Waals surface area contributed by atoms with Crippen molar-refractivity contribution in [1.29, 1.82) is 0 Å². The molecule has 1 aromatic heterocycles. The zero-order chi connectivity index (χ0) is 20.6. The Hall–Kier alpha value is -2.35. The summed E-state index contributed by atoms with van der Waals surface area (Å²) in [7, 11) is -3.54. The highest BCUT2D eigenvalue weighted by Crippen LogP contribution is 2.29. The molecule has 0 N–H and O–H groups in total. The number of piperazine rings is 1. The average Bonchev–Trinajstić information content (AvgIpc) is 3.06. The Morgan fingerprint density at radius 3 is 2.28 bits per heavy atom. The molecule has 0 bridgehead atoms. The largest absolute Gasteiger partial charge is 0.369 e. The van der Waals surface area contributed by atoms with Crippen molar-refractivity contribution in [2.75, 3.05) is 31.1 Å². The minimum absolute atomic E-state index is 0.296. The van der Waals surface area contributed by atoms with Gasteiger partial charge in [0.2, 0.25) is 10.0 Å². The van der Waals surface area contributed by atoms with Gasteiger partial charge in [0.1, 0.15) is 5.76 Å². The molecule has 4 rings (SSSR count). The van der Waals surface area contributed by atoms with E-state index in [0.29, 0.717) is 36.1 Å².